The van der Waals surface area contributed by atoms with E-state index in [0.29, 0.717) is 5.69 Å². The molecule has 0 spiro atoms. The molecule has 2 aliphatic heterocycles. The fourth-order valence-corrected chi connectivity index (χ4v) is 2.01. The molecule has 1 aromatic rings. The summed E-state index contributed by atoms with van der Waals surface area (Å²) in [5.74, 6) is -0.902. The number of anilines is 1. The summed E-state index contributed by atoms with van der Waals surface area (Å²) < 4.78 is 0. The van der Waals surface area contributed by atoms with Crippen LogP contribution in [0, 0.1) is 5.92 Å². The number of benzene rings is 1. The monoisotopic (exact) mass is 215 g/mol. The van der Waals surface area contributed by atoms with E-state index < -0.39 is 12.0 Å². The van der Waals surface area contributed by atoms with Gasteiger partial charge in [0.25, 0.3) is 5.91 Å². The Kier molecular flexibility index (Phi) is 1.80. The van der Waals surface area contributed by atoms with Gasteiger partial charge in [0.05, 0.1) is 5.69 Å². The largest absolute Gasteiger partial charge is 0.297 e. The summed E-state index contributed by atoms with van der Waals surface area (Å²) in [5.41, 5.74) is 3.27. The first-order valence-electron chi connectivity index (χ1n) is 5.00. The molecule has 2 amide bonds. The molecule has 0 aromatic heterocycles. The molecule has 2 heterocycles. The highest BCUT2D eigenvalue weighted by Gasteiger charge is 2.49. The van der Waals surface area contributed by atoms with Crippen molar-refractivity contribution in [3.05, 3.63) is 30.3 Å². The average molecular weight is 215 g/mol. The molecule has 0 saturated carbocycles. The molecule has 2 atom stereocenters. The van der Waals surface area contributed by atoms with Crippen LogP contribution in [0.15, 0.2) is 35.4 Å². The SMILES string of the molecule is O=C1C2C=NNC2C(=O)N1c1ccccc1. The van der Waals surface area contributed by atoms with Crippen LogP contribution in [-0.4, -0.2) is 24.1 Å². The highest BCUT2D eigenvalue weighted by Crippen LogP contribution is 2.27. The van der Waals surface area contributed by atoms with E-state index in [9.17, 15) is 9.59 Å². The molecule has 1 aromatic carbocycles. The number of imide groups is 1. The number of fused-ring (bicyclic) bond motifs is 1. The van der Waals surface area contributed by atoms with E-state index in [0.717, 1.165) is 0 Å². The maximum absolute atomic E-state index is 12.0. The summed E-state index contributed by atoms with van der Waals surface area (Å²) in [6.45, 7) is 0. The van der Waals surface area contributed by atoms with Crippen LogP contribution in [0.1, 0.15) is 0 Å². The first-order chi connectivity index (χ1) is 7.79. The number of nitrogens with zero attached hydrogens (tertiary/aromatic N) is 2. The van der Waals surface area contributed by atoms with Crippen molar-refractivity contribution < 1.29 is 9.59 Å². The van der Waals surface area contributed by atoms with Gasteiger partial charge in [0.1, 0.15) is 12.0 Å². The molecule has 1 N–H and O–H groups in total. The summed E-state index contributed by atoms with van der Waals surface area (Å²) in [6.07, 6.45) is 1.49. The van der Waals surface area contributed by atoms with Gasteiger partial charge in [-0.2, -0.15) is 5.10 Å². The number of rotatable bonds is 1. The van der Waals surface area contributed by atoms with Crippen molar-refractivity contribution in [1.29, 1.82) is 0 Å². The molecule has 5 nitrogen and oxygen atoms in total. The van der Waals surface area contributed by atoms with E-state index >= 15 is 0 Å². The molecule has 5 heteroatoms. The maximum atomic E-state index is 12.0. The molecule has 2 aliphatic rings. The van der Waals surface area contributed by atoms with Gasteiger partial charge in [-0.25, -0.2) is 4.90 Å². The molecule has 1 fully saturated rings. The Bertz CT molecular complexity index is 483. The number of hydrogen-bond donors (Lipinski definition) is 1. The zero-order valence-electron chi connectivity index (χ0n) is 8.33. The topological polar surface area (TPSA) is 61.8 Å². The van der Waals surface area contributed by atoms with E-state index in [1.165, 1.54) is 11.1 Å². The molecule has 3 rings (SSSR count). The van der Waals surface area contributed by atoms with E-state index in [1.54, 1.807) is 24.3 Å². The third-order valence-electron chi connectivity index (χ3n) is 2.81. The third-order valence-corrected chi connectivity index (χ3v) is 2.81. The van der Waals surface area contributed by atoms with Crippen molar-refractivity contribution in [3.8, 4) is 0 Å². The van der Waals surface area contributed by atoms with Gasteiger partial charge in [-0.05, 0) is 12.1 Å². The summed E-state index contributed by atoms with van der Waals surface area (Å²) >= 11 is 0. The van der Waals surface area contributed by atoms with Crippen molar-refractivity contribution in [3.63, 3.8) is 0 Å². The van der Waals surface area contributed by atoms with Crippen LogP contribution in [0.3, 0.4) is 0 Å². The van der Waals surface area contributed by atoms with Crippen LogP contribution in [0.5, 0.6) is 0 Å². The second kappa shape index (κ2) is 3.16. The normalized spacial score (nSPS) is 27.1. The van der Waals surface area contributed by atoms with Crippen LogP contribution in [0.4, 0.5) is 5.69 Å². The van der Waals surface area contributed by atoms with Gasteiger partial charge in [-0.3, -0.25) is 15.0 Å². The van der Waals surface area contributed by atoms with Crippen molar-refractivity contribution >= 4 is 23.7 Å². The highest BCUT2D eigenvalue weighted by atomic mass is 16.2. The first kappa shape index (κ1) is 9.08. The van der Waals surface area contributed by atoms with Crippen molar-refractivity contribution in [2.75, 3.05) is 4.90 Å². The van der Waals surface area contributed by atoms with Gasteiger partial charge in [0.2, 0.25) is 5.91 Å². The molecule has 0 radical (unpaired) electrons. The lowest BCUT2D eigenvalue weighted by molar-refractivity contribution is -0.122. The average Bonchev–Trinajstić information content (AvgIpc) is 2.86. The summed E-state index contributed by atoms with van der Waals surface area (Å²) in [4.78, 5) is 25.1. The Labute approximate surface area is 91.7 Å². The fourth-order valence-electron chi connectivity index (χ4n) is 2.01. The van der Waals surface area contributed by atoms with Gasteiger partial charge in [-0.15, -0.1) is 0 Å². The Hall–Kier alpha value is -2.17. The lowest BCUT2D eigenvalue weighted by Gasteiger charge is -2.14. The van der Waals surface area contributed by atoms with Gasteiger partial charge in [0.15, 0.2) is 0 Å². The van der Waals surface area contributed by atoms with E-state index in [1.807, 2.05) is 6.07 Å². The van der Waals surface area contributed by atoms with Crippen molar-refractivity contribution in [2.45, 2.75) is 6.04 Å². The lowest BCUT2D eigenvalue weighted by Crippen LogP contribution is -2.36. The van der Waals surface area contributed by atoms with Gasteiger partial charge >= 0.3 is 0 Å². The molecule has 80 valence electrons. The highest BCUT2D eigenvalue weighted by molar-refractivity contribution is 6.28. The summed E-state index contributed by atoms with van der Waals surface area (Å²) in [7, 11) is 0. The molecule has 16 heavy (non-hydrogen) atoms. The zero-order chi connectivity index (χ0) is 11.1. The number of nitrogens with one attached hydrogen (secondary N) is 1. The number of hydrogen-bond acceptors (Lipinski definition) is 4. The second-order valence-electron chi connectivity index (χ2n) is 3.76. The first-order valence-corrected chi connectivity index (χ1v) is 5.00. The molecule has 0 aliphatic carbocycles. The number of para-hydroxylation sites is 1. The number of amides is 2. The van der Waals surface area contributed by atoms with Crippen molar-refractivity contribution in [1.82, 2.24) is 5.43 Å². The Balaban J connectivity index is 2.01. The zero-order valence-corrected chi connectivity index (χ0v) is 8.33. The number of carbonyl (C=O) groups excluding carboxylic acids is 2. The van der Waals surface area contributed by atoms with Crippen molar-refractivity contribution in [2.24, 2.45) is 11.0 Å². The molecule has 0 bridgehead atoms. The number of carbonyl (C=O) groups is 2. The minimum Gasteiger partial charge on any atom is -0.297 e. The van der Waals surface area contributed by atoms with E-state index in [-0.39, 0.29) is 11.8 Å². The third kappa shape index (κ3) is 1.08. The standard InChI is InChI=1S/C11H9N3O2/c15-10-8-6-12-13-9(8)11(16)14(10)7-4-2-1-3-5-7/h1-6,8-9,13H. The van der Waals surface area contributed by atoms with Crippen LogP contribution in [-0.2, 0) is 9.59 Å². The van der Waals surface area contributed by atoms with Gasteiger partial charge in [0, 0.05) is 6.21 Å². The molecular weight excluding hydrogens is 206 g/mol. The van der Waals surface area contributed by atoms with E-state index in [2.05, 4.69) is 10.5 Å². The summed E-state index contributed by atoms with van der Waals surface area (Å²) in [5, 5.41) is 3.75. The minimum absolute atomic E-state index is 0.213. The Morgan fingerprint density at radius 3 is 2.56 bits per heavy atom. The predicted molar refractivity (Wildman–Crippen MR) is 57.8 cm³/mol. The molecule has 1 saturated heterocycles. The number of hydrazone groups is 1. The molecule has 2 unspecified atom stereocenters. The Morgan fingerprint density at radius 2 is 1.88 bits per heavy atom. The lowest BCUT2D eigenvalue weighted by atomic mass is 10.1. The molecular formula is C11H9N3O2. The van der Waals surface area contributed by atoms with Crippen LogP contribution < -0.4 is 10.3 Å². The van der Waals surface area contributed by atoms with Crippen LogP contribution in [0.2, 0.25) is 0 Å². The predicted octanol–water partition coefficient (Wildman–Crippen LogP) is 0.134. The second-order valence-corrected chi connectivity index (χ2v) is 3.76. The van der Waals surface area contributed by atoms with Crippen LogP contribution >= 0.6 is 0 Å². The van der Waals surface area contributed by atoms with Crippen LogP contribution in [0.25, 0.3) is 0 Å². The smallest absolute Gasteiger partial charge is 0.259 e. The maximum Gasteiger partial charge on any atom is 0.259 e. The fraction of sp³-hybridized carbons (Fsp3) is 0.182. The Morgan fingerprint density at radius 1 is 1.12 bits per heavy atom. The van der Waals surface area contributed by atoms with Gasteiger partial charge < -0.3 is 0 Å². The summed E-state index contributed by atoms with van der Waals surface area (Å²) in [6, 6.07) is 8.40. The van der Waals surface area contributed by atoms with E-state index in [4.69, 9.17) is 0 Å². The quantitative estimate of drug-likeness (QED) is 0.677. The van der Waals surface area contributed by atoms with Gasteiger partial charge in [-0.1, -0.05) is 18.2 Å². The minimum atomic E-state index is -0.521.